The number of benzene rings is 2. The first-order chi connectivity index (χ1) is 16.0. The van der Waals surface area contributed by atoms with E-state index in [1.54, 1.807) is 4.68 Å². The fraction of sp³-hybridized carbons (Fsp3) is 0.208. The summed E-state index contributed by atoms with van der Waals surface area (Å²) in [5.41, 5.74) is 12.4. The average Bonchev–Trinajstić information content (AvgIpc) is 3.52. The highest BCUT2D eigenvalue weighted by Gasteiger charge is 2.25. The molecule has 0 amide bonds. The largest absolute Gasteiger partial charge is 0.394 e. The topological polar surface area (TPSA) is 142 Å². The number of ketones is 1. The van der Waals surface area contributed by atoms with Crippen LogP contribution >= 0.6 is 0 Å². The van der Waals surface area contributed by atoms with Gasteiger partial charge in [-0.15, -0.1) is 0 Å². The Balaban J connectivity index is 1.44. The molecular formula is C24H24N6O3. The van der Waals surface area contributed by atoms with E-state index in [2.05, 4.69) is 20.4 Å². The lowest BCUT2D eigenvalue weighted by Crippen LogP contribution is -2.28. The molecule has 0 bridgehead atoms. The van der Waals surface area contributed by atoms with Crippen LogP contribution in [0.3, 0.4) is 0 Å². The number of aryl methyl sites for hydroxylation is 1. The third kappa shape index (κ3) is 3.67. The predicted octanol–water partition coefficient (Wildman–Crippen LogP) is 2.23. The highest BCUT2D eigenvalue weighted by Crippen LogP contribution is 2.34. The van der Waals surface area contributed by atoms with Gasteiger partial charge in [-0.2, -0.15) is 5.10 Å². The van der Waals surface area contributed by atoms with E-state index in [1.807, 2.05) is 49.4 Å². The molecule has 6 N–H and O–H groups in total. The summed E-state index contributed by atoms with van der Waals surface area (Å²) in [5, 5.41) is 26.3. The summed E-state index contributed by atoms with van der Waals surface area (Å²) in [4.78, 5) is 20.9. The van der Waals surface area contributed by atoms with Gasteiger partial charge in [0.2, 0.25) is 0 Å². The van der Waals surface area contributed by atoms with Crippen LogP contribution in [0.4, 0.5) is 11.5 Å². The molecule has 9 heteroatoms. The van der Waals surface area contributed by atoms with Crippen LogP contribution in [-0.4, -0.2) is 55.0 Å². The van der Waals surface area contributed by atoms with Crippen molar-refractivity contribution in [3.05, 3.63) is 70.7 Å². The Morgan fingerprint density at radius 2 is 2.09 bits per heavy atom. The van der Waals surface area contributed by atoms with Crippen molar-refractivity contribution in [1.29, 1.82) is 0 Å². The second-order valence-electron chi connectivity index (χ2n) is 8.14. The lowest BCUT2D eigenvalue weighted by Gasteiger charge is -2.17. The van der Waals surface area contributed by atoms with E-state index in [4.69, 9.17) is 5.73 Å². The van der Waals surface area contributed by atoms with Gasteiger partial charge in [-0.1, -0.05) is 12.1 Å². The fourth-order valence-corrected chi connectivity index (χ4v) is 4.18. The molecule has 0 radical (unpaired) electrons. The van der Waals surface area contributed by atoms with Gasteiger partial charge in [-0.05, 0) is 42.8 Å². The van der Waals surface area contributed by atoms with Crippen LogP contribution in [0.1, 0.15) is 27.3 Å². The van der Waals surface area contributed by atoms with Gasteiger partial charge in [0.25, 0.3) is 0 Å². The molecule has 1 aliphatic rings. The molecule has 168 valence electrons. The predicted molar refractivity (Wildman–Crippen MR) is 126 cm³/mol. The number of nitrogens with one attached hydrogen (secondary N) is 2. The number of fused-ring (bicyclic) bond motifs is 2. The van der Waals surface area contributed by atoms with E-state index in [1.165, 1.54) is 6.20 Å². The number of nitrogens with two attached hydrogens (primary N) is 1. The second kappa shape index (κ2) is 8.19. The number of aromatic nitrogens is 4. The van der Waals surface area contributed by atoms with E-state index in [0.29, 0.717) is 17.6 Å². The van der Waals surface area contributed by atoms with E-state index < -0.39 is 6.04 Å². The maximum absolute atomic E-state index is 13.3. The summed E-state index contributed by atoms with van der Waals surface area (Å²) in [6.45, 7) is 1.49. The Morgan fingerprint density at radius 1 is 1.27 bits per heavy atom. The molecule has 33 heavy (non-hydrogen) atoms. The van der Waals surface area contributed by atoms with Crippen LogP contribution in [0.2, 0.25) is 0 Å². The summed E-state index contributed by atoms with van der Waals surface area (Å²) in [5.74, 6) is 0.906. The Morgan fingerprint density at radius 3 is 2.88 bits per heavy atom. The van der Waals surface area contributed by atoms with Crippen molar-refractivity contribution in [2.45, 2.75) is 19.4 Å². The Hall–Kier alpha value is -3.95. The summed E-state index contributed by atoms with van der Waals surface area (Å²) >= 11 is 0. The van der Waals surface area contributed by atoms with Crippen molar-refractivity contribution in [3.63, 3.8) is 0 Å². The van der Waals surface area contributed by atoms with Crippen molar-refractivity contribution >= 4 is 34.4 Å². The van der Waals surface area contributed by atoms with Gasteiger partial charge in [0.05, 0.1) is 47.7 Å². The van der Waals surface area contributed by atoms with Gasteiger partial charge in [-0.25, -0.2) is 9.67 Å². The third-order valence-electron chi connectivity index (χ3n) is 5.87. The number of allylic oxidation sites excluding steroid dienone is 1. The molecule has 0 saturated heterocycles. The lowest BCUT2D eigenvalue weighted by molar-refractivity contribution is 0.103. The maximum Gasteiger partial charge on any atom is 0.194 e. The van der Waals surface area contributed by atoms with Crippen LogP contribution in [-0.2, 0) is 6.42 Å². The first kappa shape index (κ1) is 20.9. The minimum absolute atomic E-state index is 0.180. The Labute approximate surface area is 189 Å². The van der Waals surface area contributed by atoms with Crippen LogP contribution < -0.4 is 11.1 Å². The van der Waals surface area contributed by atoms with Gasteiger partial charge in [0.15, 0.2) is 5.78 Å². The average molecular weight is 444 g/mol. The van der Waals surface area contributed by atoms with Crippen LogP contribution in [0.15, 0.2) is 48.2 Å². The summed E-state index contributed by atoms with van der Waals surface area (Å²) < 4.78 is 1.55. The summed E-state index contributed by atoms with van der Waals surface area (Å²) in [6, 6.07) is 10.9. The SMILES string of the molecule is Cc1nc2ccc(-n3ncc(C(=O)C4=Cc5c(cccc5NC(CO)CO)C4)c3N)cc2[nH]1. The highest BCUT2D eigenvalue weighted by molar-refractivity contribution is 6.15. The highest BCUT2D eigenvalue weighted by atomic mass is 16.3. The number of nitrogen functional groups attached to an aromatic ring is 1. The second-order valence-corrected chi connectivity index (χ2v) is 8.14. The number of aliphatic hydroxyl groups is 2. The number of H-pyrrole nitrogens is 1. The molecule has 0 fully saturated rings. The number of carbonyl (C=O) groups excluding carboxylic acids is 1. The van der Waals surface area contributed by atoms with Gasteiger partial charge in [0.1, 0.15) is 11.6 Å². The number of anilines is 2. The minimum atomic E-state index is -0.477. The Kier molecular flexibility index (Phi) is 5.20. The smallest absolute Gasteiger partial charge is 0.194 e. The number of carbonyl (C=O) groups is 1. The van der Waals surface area contributed by atoms with E-state index >= 15 is 0 Å². The van der Waals surface area contributed by atoms with E-state index in [0.717, 1.165) is 39.4 Å². The fourth-order valence-electron chi connectivity index (χ4n) is 4.18. The van der Waals surface area contributed by atoms with Crippen molar-refractivity contribution in [2.75, 3.05) is 24.3 Å². The van der Waals surface area contributed by atoms with Crippen molar-refractivity contribution in [3.8, 4) is 5.69 Å². The maximum atomic E-state index is 13.3. The number of hydrogen-bond acceptors (Lipinski definition) is 7. The molecule has 2 aromatic carbocycles. The number of nitrogens with zero attached hydrogens (tertiary/aromatic N) is 3. The van der Waals surface area contributed by atoms with Crippen LogP contribution in [0, 0.1) is 6.92 Å². The normalized spacial score (nSPS) is 12.9. The number of rotatable bonds is 7. The van der Waals surface area contributed by atoms with Crippen molar-refractivity contribution < 1.29 is 15.0 Å². The molecule has 5 rings (SSSR count). The number of aromatic amines is 1. The third-order valence-corrected chi connectivity index (χ3v) is 5.87. The van der Waals surface area contributed by atoms with Crippen molar-refractivity contribution in [1.82, 2.24) is 19.7 Å². The van der Waals surface area contributed by atoms with Gasteiger partial charge in [0, 0.05) is 23.2 Å². The van der Waals surface area contributed by atoms with E-state index in [9.17, 15) is 15.0 Å². The summed E-state index contributed by atoms with van der Waals surface area (Å²) in [6.07, 6.45) is 3.80. The van der Waals surface area contributed by atoms with Crippen LogP contribution in [0.5, 0.6) is 0 Å². The first-order valence-electron chi connectivity index (χ1n) is 10.6. The van der Waals surface area contributed by atoms with Crippen LogP contribution in [0.25, 0.3) is 22.8 Å². The van der Waals surface area contributed by atoms with Gasteiger partial charge in [-0.3, -0.25) is 4.79 Å². The van der Waals surface area contributed by atoms with Gasteiger partial charge >= 0.3 is 0 Å². The molecule has 0 atom stereocenters. The zero-order valence-electron chi connectivity index (χ0n) is 18.0. The minimum Gasteiger partial charge on any atom is -0.394 e. The number of Topliss-reactive ketones (excluding diaryl/α,β-unsaturated/α-hetero) is 1. The molecule has 0 saturated carbocycles. The lowest BCUT2D eigenvalue weighted by atomic mass is 10.0. The zero-order valence-corrected chi connectivity index (χ0v) is 18.0. The molecule has 0 spiro atoms. The first-order valence-corrected chi connectivity index (χ1v) is 10.6. The Bertz CT molecular complexity index is 1400. The zero-order chi connectivity index (χ0) is 23.1. The molecule has 4 aromatic rings. The van der Waals surface area contributed by atoms with E-state index in [-0.39, 0.29) is 24.8 Å². The molecule has 0 unspecified atom stereocenters. The van der Waals surface area contributed by atoms with Crippen molar-refractivity contribution in [2.24, 2.45) is 0 Å². The molecule has 1 aliphatic carbocycles. The molecule has 2 aromatic heterocycles. The summed E-state index contributed by atoms with van der Waals surface area (Å²) in [7, 11) is 0. The quantitative estimate of drug-likeness (QED) is 0.275. The molecule has 9 nitrogen and oxygen atoms in total. The number of hydrogen-bond donors (Lipinski definition) is 5. The standard InChI is InChI=1S/C24H24N6O3/c1-13-27-21-6-5-17(9-22(21)28-13)30-24(25)19(10-26-30)23(33)15-7-14-3-2-4-20(18(14)8-15)29-16(11-31)12-32/h2-6,8-10,16,29,31-32H,7,11-12,25H2,1H3,(H,27,28). The number of imidazole rings is 1. The molecular weight excluding hydrogens is 420 g/mol. The number of aliphatic hydroxyl groups excluding tert-OH is 2. The van der Waals surface area contributed by atoms with Gasteiger partial charge < -0.3 is 26.2 Å². The molecule has 2 heterocycles. The molecule has 0 aliphatic heterocycles. The monoisotopic (exact) mass is 444 g/mol.